The van der Waals surface area contributed by atoms with Crippen LogP contribution in [0.25, 0.3) is 0 Å². The molecule has 1 N–H and O–H groups in total. The van der Waals surface area contributed by atoms with Crippen molar-refractivity contribution in [2.45, 2.75) is 57.3 Å². The van der Waals surface area contributed by atoms with Gasteiger partial charge in [0, 0.05) is 5.56 Å². The second kappa shape index (κ2) is 4.03. The van der Waals surface area contributed by atoms with Crippen LogP contribution in [0.15, 0.2) is 12.1 Å². The van der Waals surface area contributed by atoms with Gasteiger partial charge in [-0.2, -0.15) is 4.39 Å². The number of hydrogen-bond acceptors (Lipinski definition) is 4. The van der Waals surface area contributed by atoms with Crippen LogP contribution in [-0.4, -0.2) is 28.4 Å². The Hall–Kier alpha value is -0.975. The van der Waals surface area contributed by atoms with E-state index in [0.717, 1.165) is 0 Å². The molecule has 0 spiro atoms. The molecule has 108 valence electrons. The van der Waals surface area contributed by atoms with Crippen molar-refractivity contribution < 1.29 is 18.8 Å². The zero-order valence-corrected chi connectivity index (χ0v) is 12.2. The van der Waals surface area contributed by atoms with E-state index in [4.69, 9.17) is 9.31 Å². The normalized spacial score (nSPS) is 25.8. The molecule has 6 heteroatoms. The highest BCUT2D eigenvalue weighted by Crippen LogP contribution is 2.45. The summed E-state index contributed by atoms with van der Waals surface area (Å²) in [5.41, 5.74) is -0.981. The van der Waals surface area contributed by atoms with Crippen LogP contribution < -0.4 is 5.59 Å². The van der Waals surface area contributed by atoms with Crippen molar-refractivity contribution in [2.24, 2.45) is 0 Å². The lowest BCUT2D eigenvalue weighted by atomic mass is 9.79. The Morgan fingerprint density at radius 1 is 1.15 bits per heavy atom. The van der Waals surface area contributed by atoms with Crippen LogP contribution >= 0.6 is 0 Å². The van der Waals surface area contributed by atoms with Crippen molar-refractivity contribution in [3.63, 3.8) is 0 Å². The first-order chi connectivity index (χ1) is 9.15. The Morgan fingerprint density at radius 2 is 1.70 bits per heavy atom. The fourth-order valence-electron chi connectivity index (χ4n) is 2.37. The average Bonchev–Trinajstić information content (AvgIpc) is 3.01. The molecule has 0 amide bonds. The first-order valence-corrected chi connectivity index (χ1v) is 6.90. The maximum Gasteiger partial charge on any atom is 0.515 e. The van der Waals surface area contributed by atoms with Crippen LogP contribution in [0.3, 0.4) is 0 Å². The average molecular weight is 279 g/mol. The minimum absolute atomic E-state index is 0.351. The highest BCUT2D eigenvalue weighted by atomic mass is 19.1. The summed E-state index contributed by atoms with van der Waals surface area (Å²) < 4.78 is 25.3. The molecule has 1 aromatic rings. The van der Waals surface area contributed by atoms with Crippen LogP contribution in [-0.2, 0) is 14.9 Å². The summed E-state index contributed by atoms with van der Waals surface area (Å²) in [5, 5.41) is 10.3. The van der Waals surface area contributed by atoms with E-state index < -0.39 is 29.9 Å². The minimum atomic E-state index is -0.903. The molecule has 20 heavy (non-hydrogen) atoms. The van der Waals surface area contributed by atoms with Crippen molar-refractivity contribution in [2.75, 3.05) is 0 Å². The fraction of sp³-hybridized carbons (Fsp3) is 0.643. The third-order valence-electron chi connectivity index (χ3n) is 4.59. The number of aliphatic hydroxyl groups is 1. The molecule has 1 aliphatic heterocycles. The first kappa shape index (κ1) is 14.0. The van der Waals surface area contributed by atoms with Gasteiger partial charge in [0.25, 0.3) is 0 Å². The molecule has 1 saturated carbocycles. The quantitative estimate of drug-likeness (QED) is 0.658. The standard InChI is InChI=1S/C14H19BFNO3/c1-12(2)13(3,4)20-15(19-12)11-9(14(18)7-8-14)5-6-10(16)17-11/h5-6,18H,7-8H2,1-4H3. The molecular formula is C14H19BFNO3. The van der Waals surface area contributed by atoms with Gasteiger partial charge in [-0.1, -0.05) is 6.07 Å². The number of hydrogen-bond donors (Lipinski definition) is 1. The zero-order chi connectivity index (χ0) is 14.8. The Bertz CT molecular complexity index is 541. The largest absolute Gasteiger partial charge is 0.515 e. The maximum atomic E-state index is 13.5. The van der Waals surface area contributed by atoms with E-state index >= 15 is 0 Å². The third-order valence-corrected chi connectivity index (χ3v) is 4.59. The zero-order valence-electron chi connectivity index (χ0n) is 12.2. The molecule has 0 unspecified atom stereocenters. The SMILES string of the molecule is CC1(C)OB(c2nc(F)ccc2C2(O)CC2)OC1(C)C. The van der Waals surface area contributed by atoms with Crippen LogP contribution in [0, 0.1) is 5.95 Å². The van der Waals surface area contributed by atoms with Gasteiger partial charge in [0.05, 0.1) is 22.4 Å². The van der Waals surface area contributed by atoms with E-state index in [1.165, 1.54) is 6.07 Å². The first-order valence-electron chi connectivity index (χ1n) is 6.90. The molecule has 4 nitrogen and oxygen atoms in total. The third kappa shape index (κ3) is 2.06. The minimum Gasteiger partial charge on any atom is -0.398 e. The van der Waals surface area contributed by atoms with Crippen molar-refractivity contribution in [3.05, 3.63) is 23.6 Å². The molecule has 3 rings (SSSR count). The Balaban J connectivity index is 2.01. The predicted octanol–water partition coefficient (Wildman–Crippen LogP) is 1.50. The van der Waals surface area contributed by atoms with Gasteiger partial charge in [0.2, 0.25) is 5.95 Å². The number of halogens is 1. The summed E-state index contributed by atoms with van der Waals surface area (Å²) in [5.74, 6) is -0.595. The van der Waals surface area contributed by atoms with Gasteiger partial charge >= 0.3 is 7.12 Å². The summed E-state index contributed by atoms with van der Waals surface area (Å²) in [6, 6.07) is 2.84. The topological polar surface area (TPSA) is 51.6 Å². The monoisotopic (exact) mass is 279 g/mol. The molecule has 1 aliphatic carbocycles. The molecule has 2 fully saturated rings. The fourth-order valence-corrected chi connectivity index (χ4v) is 2.37. The molecule has 1 saturated heterocycles. The summed E-state index contributed by atoms with van der Waals surface area (Å²) in [6.07, 6.45) is 1.32. The van der Waals surface area contributed by atoms with Crippen molar-refractivity contribution in [1.29, 1.82) is 0 Å². The van der Waals surface area contributed by atoms with E-state index in [1.807, 2.05) is 27.7 Å². The molecule has 2 heterocycles. The number of aromatic nitrogens is 1. The van der Waals surface area contributed by atoms with E-state index in [2.05, 4.69) is 4.98 Å². The number of rotatable bonds is 2. The van der Waals surface area contributed by atoms with Gasteiger partial charge in [-0.25, -0.2) is 4.98 Å². The summed E-state index contributed by atoms with van der Waals surface area (Å²) >= 11 is 0. The Morgan fingerprint density at radius 3 is 2.20 bits per heavy atom. The summed E-state index contributed by atoms with van der Waals surface area (Å²) in [7, 11) is -0.754. The lowest BCUT2D eigenvalue weighted by Gasteiger charge is -2.32. The molecule has 0 aromatic carbocycles. The van der Waals surface area contributed by atoms with E-state index in [-0.39, 0.29) is 0 Å². The van der Waals surface area contributed by atoms with Gasteiger partial charge in [-0.15, -0.1) is 0 Å². The molecule has 0 radical (unpaired) electrons. The van der Waals surface area contributed by atoms with Gasteiger partial charge < -0.3 is 14.4 Å². The van der Waals surface area contributed by atoms with Crippen molar-refractivity contribution in [1.82, 2.24) is 4.98 Å². The summed E-state index contributed by atoms with van der Waals surface area (Å²) in [6.45, 7) is 7.71. The van der Waals surface area contributed by atoms with Gasteiger partial charge in [0.15, 0.2) is 0 Å². The molecule has 2 aliphatic rings. The molecule has 0 bridgehead atoms. The Kier molecular flexibility index (Phi) is 2.81. The van der Waals surface area contributed by atoms with Crippen LogP contribution in [0.5, 0.6) is 0 Å². The second-order valence-corrected chi connectivity index (χ2v) is 6.69. The smallest absolute Gasteiger partial charge is 0.398 e. The van der Waals surface area contributed by atoms with E-state index in [9.17, 15) is 9.50 Å². The van der Waals surface area contributed by atoms with Gasteiger partial charge in [0.1, 0.15) is 0 Å². The van der Waals surface area contributed by atoms with E-state index in [1.54, 1.807) is 6.07 Å². The molecule has 0 atom stereocenters. The predicted molar refractivity (Wildman–Crippen MR) is 73.0 cm³/mol. The lowest BCUT2D eigenvalue weighted by Crippen LogP contribution is -2.41. The maximum absolute atomic E-state index is 13.5. The lowest BCUT2D eigenvalue weighted by molar-refractivity contribution is 0.00578. The van der Waals surface area contributed by atoms with Crippen molar-refractivity contribution >= 4 is 12.7 Å². The Labute approximate surface area is 118 Å². The van der Waals surface area contributed by atoms with Crippen LogP contribution in [0.1, 0.15) is 46.1 Å². The number of nitrogens with zero attached hydrogens (tertiary/aromatic N) is 1. The highest BCUT2D eigenvalue weighted by molar-refractivity contribution is 6.61. The van der Waals surface area contributed by atoms with Gasteiger partial charge in [-0.05, 0) is 46.6 Å². The highest BCUT2D eigenvalue weighted by Gasteiger charge is 2.55. The van der Waals surface area contributed by atoms with Crippen LogP contribution in [0.4, 0.5) is 4.39 Å². The molecular weight excluding hydrogens is 260 g/mol. The second-order valence-electron chi connectivity index (χ2n) is 6.69. The van der Waals surface area contributed by atoms with Gasteiger partial charge in [-0.3, -0.25) is 0 Å². The van der Waals surface area contributed by atoms with E-state index in [0.29, 0.717) is 24.0 Å². The van der Waals surface area contributed by atoms with Crippen molar-refractivity contribution in [3.8, 4) is 0 Å². The summed E-state index contributed by atoms with van der Waals surface area (Å²) in [4.78, 5) is 3.92. The number of pyridine rings is 1. The van der Waals surface area contributed by atoms with Crippen LogP contribution in [0.2, 0.25) is 0 Å². The molecule has 1 aromatic heterocycles.